The third kappa shape index (κ3) is 5.52. The Balaban J connectivity index is 1.49. The van der Waals surface area contributed by atoms with Crippen molar-refractivity contribution in [2.24, 2.45) is 5.92 Å². The number of nitrogens with one attached hydrogen (secondary N) is 2. The third-order valence-electron chi connectivity index (χ3n) is 5.74. The molecule has 0 spiro atoms. The zero-order valence-electron chi connectivity index (χ0n) is 17.6. The smallest absolute Gasteiger partial charge is 0.262 e. The highest BCUT2D eigenvalue weighted by Crippen LogP contribution is 2.39. The van der Waals surface area contributed by atoms with Crippen LogP contribution >= 0.6 is 27.3 Å². The summed E-state index contributed by atoms with van der Waals surface area (Å²) in [5, 5.41) is 6.24. The fourth-order valence-corrected chi connectivity index (χ4v) is 7.45. The van der Waals surface area contributed by atoms with Gasteiger partial charge in [0.25, 0.3) is 11.8 Å². The molecule has 2 atom stereocenters. The van der Waals surface area contributed by atoms with Gasteiger partial charge in [-0.3, -0.25) is 9.59 Å². The van der Waals surface area contributed by atoms with Gasteiger partial charge in [-0.2, -0.15) is 0 Å². The molecule has 0 saturated carbocycles. The maximum atomic E-state index is 13.2. The van der Waals surface area contributed by atoms with Crippen molar-refractivity contribution < 1.29 is 22.7 Å². The Morgan fingerprint density at radius 3 is 2.66 bits per heavy atom. The van der Waals surface area contributed by atoms with Gasteiger partial charge in [0.05, 0.1) is 17.1 Å². The normalized spacial score (nSPS) is 21.6. The number of ether oxygens (including phenoxy) is 1. The molecule has 1 aliphatic heterocycles. The Bertz CT molecular complexity index is 1130. The van der Waals surface area contributed by atoms with E-state index in [2.05, 4.69) is 33.5 Å². The van der Waals surface area contributed by atoms with Crippen molar-refractivity contribution in [2.75, 3.05) is 23.4 Å². The second-order valence-electron chi connectivity index (χ2n) is 8.42. The van der Waals surface area contributed by atoms with E-state index in [4.69, 9.17) is 4.74 Å². The van der Waals surface area contributed by atoms with Crippen LogP contribution in [-0.4, -0.2) is 44.4 Å². The molecule has 2 heterocycles. The summed E-state index contributed by atoms with van der Waals surface area (Å²) in [6, 6.07) is 6.78. The predicted octanol–water partition coefficient (Wildman–Crippen LogP) is 3.57. The van der Waals surface area contributed by atoms with Gasteiger partial charge < -0.3 is 15.4 Å². The SMILES string of the molecule is CC1CCc2c(sc(NC(=O)COc3ccc(Br)cc3)c2C(=O)NC2CCS(=O)(=O)C2)C1. The first kappa shape index (κ1) is 23.3. The minimum Gasteiger partial charge on any atom is -0.484 e. The number of halogens is 1. The van der Waals surface area contributed by atoms with E-state index in [9.17, 15) is 18.0 Å². The lowest BCUT2D eigenvalue weighted by Crippen LogP contribution is -2.36. The second kappa shape index (κ2) is 9.52. The summed E-state index contributed by atoms with van der Waals surface area (Å²) in [5.74, 6) is 0.476. The molecule has 2 aromatic rings. The van der Waals surface area contributed by atoms with Crippen molar-refractivity contribution in [3.05, 3.63) is 44.7 Å². The monoisotopic (exact) mass is 540 g/mol. The van der Waals surface area contributed by atoms with Gasteiger partial charge in [0.2, 0.25) is 0 Å². The summed E-state index contributed by atoms with van der Waals surface area (Å²) >= 11 is 4.79. The van der Waals surface area contributed by atoms with E-state index < -0.39 is 15.9 Å². The molecule has 1 fully saturated rings. The molecule has 2 amide bonds. The second-order valence-corrected chi connectivity index (χ2v) is 12.7. The molecule has 4 rings (SSSR count). The van der Waals surface area contributed by atoms with Crippen molar-refractivity contribution in [3.63, 3.8) is 0 Å². The summed E-state index contributed by atoms with van der Waals surface area (Å²) in [5.41, 5.74) is 1.44. The van der Waals surface area contributed by atoms with Crippen molar-refractivity contribution in [1.82, 2.24) is 5.32 Å². The zero-order chi connectivity index (χ0) is 22.9. The summed E-state index contributed by atoms with van der Waals surface area (Å²) in [6.45, 7) is 2.00. The third-order valence-corrected chi connectivity index (χ3v) is 9.21. The maximum Gasteiger partial charge on any atom is 0.262 e. The van der Waals surface area contributed by atoms with E-state index >= 15 is 0 Å². The van der Waals surface area contributed by atoms with Gasteiger partial charge in [-0.1, -0.05) is 22.9 Å². The van der Waals surface area contributed by atoms with Gasteiger partial charge in [0.1, 0.15) is 10.8 Å². The van der Waals surface area contributed by atoms with E-state index in [1.54, 1.807) is 12.1 Å². The van der Waals surface area contributed by atoms with Gasteiger partial charge in [-0.25, -0.2) is 8.42 Å². The number of fused-ring (bicyclic) bond motifs is 1. The molecule has 10 heteroatoms. The van der Waals surface area contributed by atoms with Crippen LogP contribution in [0.4, 0.5) is 5.00 Å². The van der Waals surface area contributed by atoms with Crippen LogP contribution in [0.2, 0.25) is 0 Å². The van der Waals surface area contributed by atoms with Crippen LogP contribution in [-0.2, 0) is 27.5 Å². The van der Waals surface area contributed by atoms with Crippen molar-refractivity contribution in [1.29, 1.82) is 0 Å². The molecule has 2 unspecified atom stereocenters. The predicted molar refractivity (Wildman–Crippen MR) is 128 cm³/mol. The standard InChI is InChI=1S/C22H25BrN2O5S2/c1-13-2-7-17-18(10-13)31-22(20(17)21(27)24-15-8-9-32(28,29)12-15)25-19(26)11-30-16-5-3-14(23)4-6-16/h3-6,13,15H,2,7-12H2,1H3,(H,24,27)(H,25,26). The molecule has 2 aliphatic rings. The van der Waals surface area contributed by atoms with Gasteiger partial charge in [0, 0.05) is 15.4 Å². The Hall–Kier alpha value is -1.91. The van der Waals surface area contributed by atoms with Crippen LogP contribution in [0.3, 0.4) is 0 Å². The van der Waals surface area contributed by atoms with Gasteiger partial charge in [-0.05, 0) is 61.4 Å². The number of benzene rings is 1. The average molecular weight is 541 g/mol. The minimum atomic E-state index is -3.10. The molecule has 1 aliphatic carbocycles. The number of thiophene rings is 1. The van der Waals surface area contributed by atoms with E-state index in [1.807, 2.05) is 12.1 Å². The molecule has 32 heavy (non-hydrogen) atoms. The van der Waals surface area contributed by atoms with Crippen molar-refractivity contribution >= 4 is 53.9 Å². The lowest BCUT2D eigenvalue weighted by molar-refractivity contribution is -0.118. The molecule has 7 nitrogen and oxygen atoms in total. The molecule has 172 valence electrons. The summed E-state index contributed by atoms with van der Waals surface area (Å²) in [6.07, 6.45) is 3.02. The molecular weight excluding hydrogens is 516 g/mol. The highest BCUT2D eigenvalue weighted by Gasteiger charge is 2.33. The molecular formula is C22H25BrN2O5S2. The highest BCUT2D eigenvalue weighted by molar-refractivity contribution is 9.10. The molecule has 1 aromatic heterocycles. The maximum absolute atomic E-state index is 13.2. The lowest BCUT2D eigenvalue weighted by atomic mass is 9.88. The average Bonchev–Trinajstić information content (AvgIpc) is 3.25. The van der Waals surface area contributed by atoms with Gasteiger partial charge >= 0.3 is 0 Å². The Kier molecular flexibility index (Phi) is 6.92. The fraction of sp³-hybridized carbons (Fsp3) is 0.455. The quantitative estimate of drug-likeness (QED) is 0.583. The molecule has 0 bridgehead atoms. The van der Waals surface area contributed by atoms with Crippen LogP contribution in [0.5, 0.6) is 5.75 Å². The van der Waals surface area contributed by atoms with Crippen LogP contribution in [0.1, 0.15) is 40.6 Å². The zero-order valence-corrected chi connectivity index (χ0v) is 20.9. The number of carbonyl (C=O) groups is 2. The summed E-state index contributed by atoms with van der Waals surface area (Å²) in [7, 11) is -3.10. The first-order valence-corrected chi connectivity index (χ1v) is 14.0. The van der Waals surface area contributed by atoms with E-state index in [0.717, 1.165) is 34.2 Å². The number of rotatable bonds is 6. The lowest BCUT2D eigenvalue weighted by Gasteiger charge is -2.19. The largest absolute Gasteiger partial charge is 0.484 e. The molecule has 2 N–H and O–H groups in total. The number of carbonyl (C=O) groups excluding carboxylic acids is 2. The first-order chi connectivity index (χ1) is 15.2. The number of sulfone groups is 1. The molecule has 0 radical (unpaired) electrons. The fourth-order valence-electron chi connectivity index (χ4n) is 4.09. The Morgan fingerprint density at radius 2 is 1.97 bits per heavy atom. The topological polar surface area (TPSA) is 102 Å². The minimum absolute atomic E-state index is 0.0369. The van der Waals surface area contributed by atoms with Crippen LogP contribution in [0.25, 0.3) is 0 Å². The number of hydrogen-bond acceptors (Lipinski definition) is 6. The molecule has 1 aromatic carbocycles. The highest BCUT2D eigenvalue weighted by atomic mass is 79.9. The molecule has 1 saturated heterocycles. The Labute approximate surface area is 200 Å². The number of hydrogen-bond donors (Lipinski definition) is 2. The van der Waals surface area contributed by atoms with Crippen molar-refractivity contribution in [2.45, 2.75) is 38.6 Å². The summed E-state index contributed by atoms with van der Waals surface area (Å²) < 4.78 is 30.0. The van der Waals surface area contributed by atoms with Crippen LogP contribution < -0.4 is 15.4 Å². The van der Waals surface area contributed by atoms with E-state index in [0.29, 0.717) is 28.7 Å². The van der Waals surface area contributed by atoms with Gasteiger partial charge in [0.15, 0.2) is 16.4 Å². The number of amides is 2. The number of anilines is 1. The van der Waals surface area contributed by atoms with E-state index in [-0.39, 0.29) is 29.9 Å². The van der Waals surface area contributed by atoms with Gasteiger partial charge in [-0.15, -0.1) is 11.3 Å². The first-order valence-electron chi connectivity index (χ1n) is 10.5. The van der Waals surface area contributed by atoms with Crippen LogP contribution in [0.15, 0.2) is 28.7 Å². The van der Waals surface area contributed by atoms with E-state index in [1.165, 1.54) is 11.3 Å². The van der Waals surface area contributed by atoms with Crippen LogP contribution in [0, 0.1) is 5.92 Å². The Morgan fingerprint density at radius 1 is 1.22 bits per heavy atom. The van der Waals surface area contributed by atoms with Crippen molar-refractivity contribution in [3.8, 4) is 5.75 Å². The summed E-state index contributed by atoms with van der Waals surface area (Å²) in [4.78, 5) is 26.8.